The lowest BCUT2D eigenvalue weighted by Gasteiger charge is -2.28. The minimum atomic E-state index is -0.334. The van der Waals surface area contributed by atoms with E-state index in [1.165, 1.54) is 0 Å². The highest BCUT2D eigenvalue weighted by Crippen LogP contribution is 2.18. The summed E-state index contributed by atoms with van der Waals surface area (Å²) >= 11 is 0. The van der Waals surface area contributed by atoms with E-state index in [0.29, 0.717) is 13.0 Å². The number of nitrogens with one attached hydrogen (secondary N) is 1. The molecule has 0 spiro atoms. The Morgan fingerprint density at radius 3 is 2.67 bits per heavy atom. The Balaban J connectivity index is 2.70. The van der Waals surface area contributed by atoms with Gasteiger partial charge in [-0.3, -0.25) is 4.79 Å². The molecule has 1 unspecified atom stereocenters. The molecule has 1 amide bonds. The smallest absolute Gasteiger partial charge is 0.225 e. The molecule has 4 heteroatoms. The molecule has 0 aliphatic carbocycles. The van der Waals surface area contributed by atoms with Crippen LogP contribution < -0.4 is 15.8 Å². The summed E-state index contributed by atoms with van der Waals surface area (Å²) in [6.07, 6.45) is 1.11. The fraction of sp³-hybridized carbons (Fsp3) is 0.500. The van der Waals surface area contributed by atoms with Crippen LogP contribution in [0, 0.1) is 0 Å². The summed E-state index contributed by atoms with van der Waals surface area (Å²) in [5.74, 6) is 0.702. The van der Waals surface area contributed by atoms with Gasteiger partial charge in [-0.1, -0.05) is 25.1 Å². The Morgan fingerprint density at radius 2 is 2.11 bits per heavy atom. The second-order valence-electron chi connectivity index (χ2n) is 4.66. The first-order chi connectivity index (χ1) is 8.54. The van der Waals surface area contributed by atoms with Crippen LogP contribution in [0.5, 0.6) is 5.75 Å². The lowest BCUT2D eigenvalue weighted by molar-refractivity contribution is -0.122. The summed E-state index contributed by atoms with van der Waals surface area (Å²) in [7, 11) is 1.60. The molecule has 100 valence electrons. The maximum absolute atomic E-state index is 12.0. The van der Waals surface area contributed by atoms with Crippen LogP contribution in [0.1, 0.15) is 25.8 Å². The molecule has 18 heavy (non-hydrogen) atoms. The molecular weight excluding hydrogens is 228 g/mol. The van der Waals surface area contributed by atoms with Gasteiger partial charge in [0.1, 0.15) is 5.75 Å². The Bertz CT molecular complexity index is 401. The molecule has 0 bridgehead atoms. The first kappa shape index (κ1) is 14.5. The quantitative estimate of drug-likeness (QED) is 0.804. The second-order valence-corrected chi connectivity index (χ2v) is 4.66. The van der Waals surface area contributed by atoms with Gasteiger partial charge in [0.25, 0.3) is 0 Å². The van der Waals surface area contributed by atoms with Crippen molar-refractivity contribution in [2.75, 3.05) is 13.7 Å². The molecule has 0 aromatic heterocycles. The monoisotopic (exact) mass is 250 g/mol. The fourth-order valence-corrected chi connectivity index (χ4v) is 1.69. The zero-order chi connectivity index (χ0) is 13.6. The third-order valence-corrected chi connectivity index (χ3v) is 3.22. The van der Waals surface area contributed by atoms with Gasteiger partial charge in [0.05, 0.1) is 13.5 Å². The molecule has 0 saturated heterocycles. The van der Waals surface area contributed by atoms with Crippen LogP contribution in [0.15, 0.2) is 24.3 Å². The number of rotatable bonds is 6. The predicted octanol–water partition coefficient (Wildman–Crippen LogP) is 1.48. The molecule has 1 atom stereocenters. The normalized spacial score (nSPS) is 13.8. The third kappa shape index (κ3) is 3.74. The highest BCUT2D eigenvalue weighted by atomic mass is 16.5. The number of hydrogen-bond donors (Lipinski definition) is 2. The number of methoxy groups -OCH3 is 1. The van der Waals surface area contributed by atoms with Crippen molar-refractivity contribution < 1.29 is 9.53 Å². The molecule has 0 radical (unpaired) electrons. The number of ether oxygens (including phenoxy) is 1. The number of hydrogen-bond acceptors (Lipinski definition) is 3. The maximum atomic E-state index is 12.0. The van der Waals surface area contributed by atoms with Crippen molar-refractivity contribution >= 4 is 5.91 Å². The van der Waals surface area contributed by atoms with Crippen LogP contribution in [0.3, 0.4) is 0 Å². The highest BCUT2D eigenvalue weighted by molar-refractivity contribution is 5.80. The average molecular weight is 250 g/mol. The topological polar surface area (TPSA) is 64.3 Å². The van der Waals surface area contributed by atoms with E-state index < -0.39 is 0 Å². The summed E-state index contributed by atoms with van der Waals surface area (Å²) in [4.78, 5) is 12.0. The molecule has 4 nitrogen and oxygen atoms in total. The highest BCUT2D eigenvalue weighted by Gasteiger charge is 2.22. The number of carbonyl (C=O) groups is 1. The van der Waals surface area contributed by atoms with E-state index in [0.717, 1.165) is 17.7 Å². The summed E-state index contributed by atoms with van der Waals surface area (Å²) in [5.41, 5.74) is 6.22. The molecule has 0 aliphatic rings. The number of carbonyl (C=O) groups excluding carboxylic acids is 1. The van der Waals surface area contributed by atoms with Crippen LogP contribution in [-0.4, -0.2) is 25.1 Å². The van der Waals surface area contributed by atoms with Gasteiger partial charge in [-0.05, 0) is 19.4 Å². The van der Waals surface area contributed by atoms with Crippen LogP contribution >= 0.6 is 0 Å². The standard InChI is InChI=1S/C14H22N2O2/c1-4-14(2,10-15)16-13(17)9-11-7-5-6-8-12(11)18-3/h5-8H,4,9-10,15H2,1-3H3,(H,16,17). The van der Waals surface area contributed by atoms with Gasteiger partial charge in [0, 0.05) is 17.6 Å². The SMILES string of the molecule is CCC(C)(CN)NC(=O)Cc1ccccc1OC. The van der Waals surface area contributed by atoms with E-state index in [1.54, 1.807) is 7.11 Å². The Hall–Kier alpha value is -1.55. The van der Waals surface area contributed by atoms with Gasteiger partial charge >= 0.3 is 0 Å². The molecule has 1 rings (SSSR count). The van der Waals surface area contributed by atoms with E-state index in [9.17, 15) is 4.79 Å². The van der Waals surface area contributed by atoms with Gasteiger partial charge in [0.2, 0.25) is 5.91 Å². The minimum Gasteiger partial charge on any atom is -0.496 e. The number of benzene rings is 1. The predicted molar refractivity (Wildman–Crippen MR) is 72.6 cm³/mol. The molecule has 0 heterocycles. The molecule has 1 aromatic carbocycles. The van der Waals surface area contributed by atoms with Crippen LogP contribution in [0.4, 0.5) is 0 Å². The number of nitrogens with two attached hydrogens (primary N) is 1. The van der Waals surface area contributed by atoms with Gasteiger partial charge in [-0.15, -0.1) is 0 Å². The van der Waals surface area contributed by atoms with Crippen LogP contribution in [-0.2, 0) is 11.2 Å². The molecule has 0 aliphatic heterocycles. The molecule has 3 N–H and O–H groups in total. The van der Waals surface area contributed by atoms with Crippen molar-refractivity contribution in [3.63, 3.8) is 0 Å². The lowest BCUT2D eigenvalue weighted by atomic mass is 9.98. The summed E-state index contributed by atoms with van der Waals surface area (Å²) in [5, 5.41) is 2.97. The number of amides is 1. The molecule has 0 fully saturated rings. The summed E-state index contributed by atoms with van der Waals surface area (Å²) in [6.45, 7) is 4.39. The van der Waals surface area contributed by atoms with Gasteiger partial charge < -0.3 is 15.8 Å². The van der Waals surface area contributed by atoms with E-state index >= 15 is 0 Å². The van der Waals surface area contributed by atoms with E-state index in [2.05, 4.69) is 5.32 Å². The van der Waals surface area contributed by atoms with Crippen molar-refractivity contribution in [1.29, 1.82) is 0 Å². The van der Waals surface area contributed by atoms with Crippen molar-refractivity contribution in [3.05, 3.63) is 29.8 Å². The van der Waals surface area contributed by atoms with Gasteiger partial charge in [-0.25, -0.2) is 0 Å². The Morgan fingerprint density at radius 1 is 1.44 bits per heavy atom. The Kier molecular flexibility index (Phi) is 5.16. The van der Waals surface area contributed by atoms with E-state index in [4.69, 9.17) is 10.5 Å². The fourth-order valence-electron chi connectivity index (χ4n) is 1.69. The lowest BCUT2D eigenvalue weighted by Crippen LogP contribution is -2.51. The number of para-hydroxylation sites is 1. The molecule has 0 saturated carbocycles. The largest absolute Gasteiger partial charge is 0.496 e. The third-order valence-electron chi connectivity index (χ3n) is 3.22. The van der Waals surface area contributed by atoms with Crippen molar-refractivity contribution in [3.8, 4) is 5.75 Å². The van der Waals surface area contributed by atoms with Crippen molar-refractivity contribution in [2.24, 2.45) is 5.73 Å². The van der Waals surface area contributed by atoms with Crippen molar-refractivity contribution in [2.45, 2.75) is 32.2 Å². The minimum absolute atomic E-state index is 0.0331. The first-order valence-corrected chi connectivity index (χ1v) is 6.17. The maximum Gasteiger partial charge on any atom is 0.225 e. The molecular formula is C14H22N2O2. The summed E-state index contributed by atoms with van der Waals surface area (Å²) < 4.78 is 5.22. The van der Waals surface area contributed by atoms with Crippen LogP contribution in [0.2, 0.25) is 0 Å². The van der Waals surface area contributed by atoms with Gasteiger partial charge in [-0.2, -0.15) is 0 Å². The van der Waals surface area contributed by atoms with Crippen molar-refractivity contribution in [1.82, 2.24) is 5.32 Å². The molecule has 1 aromatic rings. The first-order valence-electron chi connectivity index (χ1n) is 6.17. The Labute approximate surface area is 109 Å². The average Bonchev–Trinajstić information content (AvgIpc) is 2.39. The van der Waals surface area contributed by atoms with E-state index in [-0.39, 0.29) is 11.4 Å². The summed E-state index contributed by atoms with van der Waals surface area (Å²) in [6, 6.07) is 7.53. The second kappa shape index (κ2) is 6.40. The zero-order valence-corrected chi connectivity index (χ0v) is 11.3. The van der Waals surface area contributed by atoms with Crippen LogP contribution in [0.25, 0.3) is 0 Å². The van der Waals surface area contributed by atoms with E-state index in [1.807, 2.05) is 38.1 Å². The zero-order valence-electron chi connectivity index (χ0n) is 11.3. The van der Waals surface area contributed by atoms with Gasteiger partial charge in [0.15, 0.2) is 0 Å².